The summed E-state index contributed by atoms with van der Waals surface area (Å²) in [6.45, 7) is 3.40. The van der Waals surface area contributed by atoms with Crippen LogP contribution in [0, 0.1) is 12.7 Å². The van der Waals surface area contributed by atoms with Gasteiger partial charge < -0.3 is 21.1 Å². The van der Waals surface area contributed by atoms with Crippen LogP contribution in [-0.4, -0.2) is 35.1 Å². The van der Waals surface area contributed by atoms with E-state index in [1.165, 1.54) is 29.8 Å². The first-order valence-corrected chi connectivity index (χ1v) is 9.32. The summed E-state index contributed by atoms with van der Waals surface area (Å²) in [5.74, 6) is 0.0544. The van der Waals surface area contributed by atoms with Crippen molar-refractivity contribution in [1.82, 2.24) is 15.3 Å². The van der Waals surface area contributed by atoms with Crippen LogP contribution in [-0.2, 0) is 0 Å². The first-order chi connectivity index (χ1) is 13.0. The SMILES string of the molecule is Cc1c(C(N)=O)sc2ncnc(Nc3ccc(F)cc3O[C@@H]3CCNC3)c12.Cl. The molecule has 4 rings (SSSR count). The van der Waals surface area contributed by atoms with Crippen molar-refractivity contribution in [2.24, 2.45) is 5.73 Å². The largest absolute Gasteiger partial charge is 0.487 e. The van der Waals surface area contributed by atoms with Crippen molar-refractivity contribution < 1.29 is 13.9 Å². The number of hydrogen-bond donors (Lipinski definition) is 3. The van der Waals surface area contributed by atoms with Crippen LogP contribution in [0.15, 0.2) is 24.5 Å². The number of hydrogen-bond acceptors (Lipinski definition) is 7. The number of anilines is 2. The molecule has 1 saturated heterocycles. The molecule has 0 radical (unpaired) electrons. The second-order valence-corrected chi connectivity index (χ2v) is 7.32. The van der Waals surface area contributed by atoms with E-state index in [0.29, 0.717) is 32.3 Å². The summed E-state index contributed by atoms with van der Waals surface area (Å²) in [5, 5.41) is 7.14. The van der Waals surface area contributed by atoms with Gasteiger partial charge in [-0.1, -0.05) is 0 Å². The van der Waals surface area contributed by atoms with Crippen LogP contribution in [0.25, 0.3) is 10.2 Å². The van der Waals surface area contributed by atoms with Gasteiger partial charge in [0, 0.05) is 12.6 Å². The second-order valence-electron chi connectivity index (χ2n) is 6.32. The molecule has 3 heterocycles. The summed E-state index contributed by atoms with van der Waals surface area (Å²) < 4.78 is 19.7. The number of nitrogens with one attached hydrogen (secondary N) is 2. The van der Waals surface area contributed by atoms with Crippen molar-refractivity contribution in [3.05, 3.63) is 40.8 Å². The molecule has 1 fully saturated rings. The third-order valence-corrected chi connectivity index (χ3v) is 5.67. The average molecular weight is 424 g/mol. The van der Waals surface area contributed by atoms with E-state index in [2.05, 4.69) is 20.6 Å². The number of rotatable bonds is 5. The molecule has 0 aliphatic carbocycles. The number of amides is 1. The Morgan fingerprint density at radius 2 is 2.25 bits per heavy atom. The molecule has 3 aromatic rings. The number of halogens is 2. The van der Waals surface area contributed by atoms with Crippen molar-refractivity contribution in [3.8, 4) is 5.75 Å². The third-order valence-electron chi connectivity index (χ3n) is 4.46. The summed E-state index contributed by atoms with van der Waals surface area (Å²) in [6.07, 6.45) is 2.26. The normalized spacial score (nSPS) is 16.0. The minimum Gasteiger partial charge on any atom is -0.487 e. The molecule has 1 aliphatic rings. The van der Waals surface area contributed by atoms with Crippen molar-refractivity contribution in [3.63, 3.8) is 0 Å². The van der Waals surface area contributed by atoms with Gasteiger partial charge in [0.25, 0.3) is 5.91 Å². The zero-order chi connectivity index (χ0) is 19.0. The van der Waals surface area contributed by atoms with Gasteiger partial charge in [-0.2, -0.15) is 0 Å². The van der Waals surface area contributed by atoms with E-state index < -0.39 is 5.91 Å². The van der Waals surface area contributed by atoms with E-state index in [-0.39, 0.29) is 24.3 Å². The molecular formula is C18H19ClFN5O2S. The lowest BCUT2D eigenvalue weighted by Gasteiger charge is -2.17. The molecule has 10 heteroatoms. The van der Waals surface area contributed by atoms with E-state index in [1.807, 2.05) is 0 Å². The maximum Gasteiger partial charge on any atom is 0.259 e. The van der Waals surface area contributed by atoms with E-state index in [0.717, 1.165) is 25.1 Å². The maximum atomic E-state index is 13.8. The zero-order valence-electron chi connectivity index (χ0n) is 15.0. The fourth-order valence-electron chi connectivity index (χ4n) is 3.13. The number of aryl methyl sites for hydroxylation is 1. The van der Waals surface area contributed by atoms with Gasteiger partial charge in [-0.25, -0.2) is 14.4 Å². The predicted molar refractivity (Wildman–Crippen MR) is 110 cm³/mol. The van der Waals surface area contributed by atoms with Gasteiger partial charge in [0.1, 0.15) is 34.6 Å². The lowest BCUT2D eigenvalue weighted by atomic mass is 10.2. The number of nitrogens with two attached hydrogens (primary N) is 1. The Morgan fingerprint density at radius 3 is 2.96 bits per heavy atom. The molecule has 1 atom stereocenters. The molecule has 4 N–H and O–H groups in total. The van der Waals surface area contributed by atoms with Crippen LogP contribution < -0.4 is 21.1 Å². The molecule has 0 unspecified atom stereocenters. The topological polar surface area (TPSA) is 102 Å². The quantitative estimate of drug-likeness (QED) is 0.582. The highest BCUT2D eigenvalue weighted by Crippen LogP contribution is 2.36. The van der Waals surface area contributed by atoms with Crippen LogP contribution in [0.4, 0.5) is 15.9 Å². The van der Waals surface area contributed by atoms with Gasteiger partial charge >= 0.3 is 0 Å². The first kappa shape index (κ1) is 20.2. The number of aromatic nitrogens is 2. The second kappa shape index (κ2) is 8.26. The smallest absolute Gasteiger partial charge is 0.259 e. The zero-order valence-corrected chi connectivity index (χ0v) is 16.6. The number of ether oxygens (including phenoxy) is 1. The summed E-state index contributed by atoms with van der Waals surface area (Å²) in [5.41, 5.74) is 6.76. The highest BCUT2D eigenvalue weighted by atomic mass is 35.5. The molecule has 28 heavy (non-hydrogen) atoms. The van der Waals surface area contributed by atoms with Gasteiger partial charge in [-0.3, -0.25) is 4.79 Å². The van der Waals surface area contributed by atoms with Crippen LogP contribution in [0.1, 0.15) is 21.7 Å². The van der Waals surface area contributed by atoms with Gasteiger partial charge in [-0.15, -0.1) is 23.7 Å². The summed E-state index contributed by atoms with van der Waals surface area (Å²) >= 11 is 1.22. The fourth-order valence-corrected chi connectivity index (χ4v) is 4.14. The Balaban J connectivity index is 0.00000225. The Labute approximate surface area is 170 Å². The number of carbonyl (C=O) groups excluding carboxylic acids is 1. The molecule has 0 bridgehead atoms. The monoisotopic (exact) mass is 423 g/mol. The lowest BCUT2D eigenvalue weighted by molar-refractivity contribution is 0.100. The van der Waals surface area contributed by atoms with Crippen LogP contribution in [0.3, 0.4) is 0 Å². The molecular weight excluding hydrogens is 405 g/mol. The minimum absolute atomic E-state index is 0. The van der Waals surface area contributed by atoms with Crippen molar-refractivity contribution in [1.29, 1.82) is 0 Å². The van der Waals surface area contributed by atoms with Gasteiger partial charge in [0.2, 0.25) is 0 Å². The number of carbonyl (C=O) groups is 1. The Kier molecular flexibility index (Phi) is 5.97. The number of benzene rings is 1. The molecule has 148 valence electrons. The van der Waals surface area contributed by atoms with Crippen LogP contribution >= 0.6 is 23.7 Å². The Bertz CT molecular complexity index is 1020. The molecule has 1 amide bonds. The highest BCUT2D eigenvalue weighted by Gasteiger charge is 2.20. The van der Waals surface area contributed by atoms with Crippen LogP contribution in [0.2, 0.25) is 0 Å². The first-order valence-electron chi connectivity index (χ1n) is 8.51. The fraction of sp³-hybridized carbons (Fsp3) is 0.278. The van der Waals surface area contributed by atoms with Crippen molar-refractivity contribution in [2.45, 2.75) is 19.4 Å². The van der Waals surface area contributed by atoms with Gasteiger partial charge in [-0.05, 0) is 37.6 Å². The predicted octanol–water partition coefficient (Wildman–Crippen LogP) is 3.14. The molecule has 1 aliphatic heterocycles. The van der Waals surface area contributed by atoms with Crippen molar-refractivity contribution >= 4 is 51.4 Å². The van der Waals surface area contributed by atoms with Gasteiger partial charge in [0.05, 0.1) is 16.0 Å². The standard InChI is InChI=1S/C18H18FN5O2S.ClH/c1-9-14-17(22-8-23-18(14)27-15(9)16(20)25)24-12-3-2-10(19)6-13(12)26-11-4-5-21-7-11;/h2-3,6,8,11,21H,4-5,7H2,1H3,(H2,20,25)(H,22,23,24);1H/t11-;/m1./s1. The number of nitrogens with zero attached hydrogens (tertiary/aromatic N) is 2. The number of thiophene rings is 1. The van der Waals surface area contributed by atoms with Crippen LogP contribution in [0.5, 0.6) is 5.75 Å². The van der Waals surface area contributed by atoms with Crippen molar-refractivity contribution in [2.75, 3.05) is 18.4 Å². The highest BCUT2D eigenvalue weighted by molar-refractivity contribution is 7.20. The van der Waals surface area contributed by atoms with E-state index in [4.69, 9.17) is 10.5 Å². The van der Waals surface area contributed by atoms with E-state index in [9.17, 15) is 9.18 Å². The molecule has 1 aromatic carbocycles. The lowest BCUT2D eigenvalue weighted by Crippen LogP contribution is -2.20. The minimum atomic E-state index is -0.499. The van der Waals surface area contributed by atoms with Gasteiger partial charge in [0.15, 0.2) is 0 Å². The van der Waals surface area contributed by atoms with E-state index >= 15 is 0 Å². The third kappa shape index (κ3) is 3.87. The number of primary amides is 1. The molecule has 2 aromatic heterocycles. The molecule has 7 nitrogen and oxygen atoms in total. The average Bonchev–Trinajstić information content (AvgIpc) is 3.26. The summed E-state index contributed by atoms with van der Waals surface area (Å²) in [4.78, 5) is 21.3. The Hall–Kier alpha value is -2.49. The summed E-state index contributed by atoms with van der Waals surface area (Å²) in [7, 11) is 0. The molecule has 0 saturated carbocycles. The number of fused-ring (bicyclic) bond motifs is 1. The van der Waals surface area contributed by atoms with E-state index in [1.54, 1.807) is 13.0 Å². The maximum absolute atomic E-state index is 13.8. The Morgan fingerprint density at radius 1 is 1.43 bits per heavy atom. The molecule has 0 spiro atoms. The summed E-state index contributed by atoms with van der Waals surface area (Å²) in [6, 6.07) is 4.32.